The number of piperidine rings is 1. The summed E-state index contributed by atoms with van der Waals surface area (Å²) in [6.07, 6.45) is 6.82. The maximum Gasteiger partial charge on any atom is 0.511 e. The molecule has 0 unspecified atom stereocenters. The Morgan fingerprint density at radius 1 is 1.07 bits per heavy atom. The lowest BCUT2D eigenvalue weighted by molar-refractivity contribution is -0.0494. The van der Waals surface area contributed by atoms with Gasteiger partial charge in [0.05, 0.1) is 0 Å². The van der Waals surface area contributed by atoms with E-state index in [1.165, 1.54) is 32.1 Å². The van der Waals surface area contributed by atoms with Gasteiger partial charge in [-0.1, -0.05) is 26.2 Å². The van der Waals surface area contributed by atoms with Crippen LogP contribution in [-0.2, 0) is 10.0 Å². The highest BCUT2D eigenvalue weighted by Gasteiger charge is 2.50. The predicted octanol–water partition coefficient (Wildman–Crippen LogP) is 3.30. The Kier molecular flexibility index (Phi) is 10.3. The highest BCUT2D eigenvalue weighted by atomic mass is 127. The highest BCUT2D eigenvalue weighted by Crippen LogP contribution is 2.30. The zero-order valence-electron chi connectivity index (χ0n) is 16.5. The number of aliphatic imine (C=N–C) groups is 1. The molecule has 28 heavy (non-hydrogen) atoms. The number of hydrogen-bond acceptors (Lipinski definition) is 3. The van der Waals surface area contributed by atoms with Gasteiger partial charge in [-0.3, -0.25) is 4.99 Å². The van der Waals surface area contributed by atoms with Crippen LogP contribution in [0.1, 0.15) is 51.9 Å². The van der Waals surface area contributed by atoms with E-state index in [4.69, 9.17) is 0 Å². The number of rotatable bonds is 5. The van der Waals surface area contributed by atoms with E-state index in [0.717, 1.165) is 12.5 Å². The molecule has 1 heterocycles. The Hall–Kier alpha value is -0.300. The first-order chi connectivity index (χ1) is 12.7. The molecule has 2 aliphatic rings. The van der Waals surface area contributed by atoms with E-state index in [-0.39, 0.29) is 43.1 Å². The molecule has 1 aliphatic heterocycles. The molecule has 6 nitrogen and oxygen atoms in total. The van der Waals surface area contributed by atoms with Crippen molar-refractivity contribution in [3.05, 3.63) is 0 Å². The van der Waals surface area contributed by atoms with Crippen LogP contribution in [0.25, 0.3) is 0 Å². The van der Waals surface area contributed by atoms with Crippen LogP contribution in [0.5, 0.6) is 0 Å². The molecule has 166 valence electrons. The normalized spacial score (nSPS) is 25.8. The first-order valence-corrected chi connectivity index (χ1v) is 11.1. The SMILES string of the molecule is CCC1CCC(CNC(=NC)NC2CCN(S(=O)(=O)C(F)(F)F)CC2)CC1.I. The summed E-state index contributed by atoms with van der Waals surface area (Å²) in [5, 5.41) is 6.52. The number of sulfonamides is 1. The van der Waals surface area contributed by atoms with E-state index < -0.39 is 15.5 Å². The van der Waals surface area contributed by atoms with E-state index in [0.29, 0.717) is 29.0 Å². The standard InChI is InChI=1S/C17H31F3N4O2S.HI/c1-3-13-4-6-14(7-5-13)12-22-16(21-2)23-15-8-10-24(11-9-15)27(25,26)17(18,19)20;/h13-15H,3-12H2,1-2H3,(H2,21,22,23);1H. The Bertz CT molecular complexity index is 600. The quantitative estimate of drug-likeness (QED) is 0.319. The summed E-state index contributed by atoms with van der Waals surface area (Å²) in [7, 11) is -3.57. The van der Waals surface area contributed by atoms with Crippen molar-refractivity contribution in [3.8, 4) is 0 Å². The van der Waals surface area contributed by atoms with Crippen molar-refractivity contribution in [2.24, 2.45) is 16.8 Å². The molecule has 11 heteroatoms. The minimum absolute atomic E-state index is 0. The van der Waals surface area contributed by atoms with Crippen molar-refractivity contribution in [2.45, 2.75) is 63.4 Å². The third-order valence-corrected chi connectivity index (χ3v) is 7.38. The van der Waals surface area contributed by atoms with Crippen LogP contribution in [0.2, 0.25) is 0 Å². The van der Waals surface area contributed by atoms with Crippen LogP contribution in [0, 0.1) is 11.8 Å². The van der Waals surface area contributed by atoms with Gasteiger partial charge in [0, 0.05) is 32.7 Å². The van der Waals surface area contributed by atoms with Gasteiger partial charge in [-0.05, 0) is 37.5 Å². The van der Waals surface area contributed by atoms with Gasteiger partial charge in [0.1, 0.15) is 0 Å². The van der Waals surface area contributed by atoms with Gasteiger partial charge in [0.25, 0.3) is 0 Å². The zero-order chi connectivity index (χ0) is 20.1. The number of halogens is 4. The van der Waals surface area contributed by atoms with Crippen molar-refractivity contribution in [2.75, 3.05) is 26.7 Å². The molecule has 2 N–H and O–H groups in total. The lowest BCUT2D eigenvalue weighted by Crippen LogP contribution is -2.52. The summed E-state index contributed by atoms with van der Waals surface area (Å²) in [6.45, 7) is 2.78. The molecular formula is C17H32F3IN4O2S. The zero-order valence-corrected chi connectivity index (χ0v) is 19.6. The van der Waals surface area contributed by atoms with Gasteiger partial charge in [-0.2, -0.15) is 17.5 Å². The fourth-order valence-corrected chi connectivity index (χ4v) is 4.84. The van der Waals surface area contributed by atoms with Crippen LogP contribution in [0.3, 0.4) is 0 Å². The lowest BCUT2D eigenvalue weighted by atomic mass is 9.81. The molecule has 0 aromatic heterocycles. The van der Waals surface area contributed by atoms with Crippen molar-refractivity contribution in [1.82, 2.24) is 14.9 Å². The van der Waals surface area contributed by atoms with Crippen LogP contribution in [0.15, 0.2) is 4.99 Å². The molecule has 0 aromatic carbocycles. The van der Waals surface area contributed by atoms with Crippen molar-refractivity contribution in [1.29, 1.82) is 0 Å². The maximum atomic E-state index is 12.6. The second-order valence-electron chi connectivity index (χ2n) is 7.52. The number of nitrogens with zero attached hydrogens (tertiary/aromatic N) is 2. The van der Waals surface area contributed by atoms with Crippen LogP contribution >= 0.6 is 24.0 Å². The topological polar surface area (TPSA) is 73.8 Å². The molecule has 0 atom stereocenters. The molecule has 1 saturated carbocycles. The average molecular weight is 540 g/mol. The molecule has 2 fully saturated rings. The Morgan fingerprint density at radius 2 is 1.61 bits per heavy atom. The van der Waals surface area contributed by atoms with Gasteiger partial charge in [0.2, 0.25) is 0 Å². The fourth-order valence-electron chi connectivity index (χ4n) is 3.86. The first-order valence-electron chi connectivity index (χ1n) is 9.71. The van der Waals surface area contributed by atoms with E-state index in [1.807, 2.05) is 0 Å². The monoisotopic (exact) mass is 540 g/mol. The molecule has 0 aromatic rings. The molecule has 0 amide bonds. The molecule has 1 saturated heterocycles. The highest BCUT2D eigenvalue weighted by molar-refractivity contribution is 14.0. The molecular weight excluding hydrogens is 508 g/mol. The van der Waals surface area contributed by atoms with Gasteiger partial charge >= 0.3 is 15.5 Å². The summed E-state index contributed by atoms with van der Waals surface area (Å²) in [4.78, 5) is 4.19. The molecule has 0 radical (unpaired) electrons. The number of nitrogens with one attached hydrogen (secondary N) is 2. The lowest BCUT2D eigenvalue weighted by Gasteiger charge is -2.33. The molecule has 0 bridgehead atoms. The minimum atomic E-state index is -5.23. The predicted molar refractivity (Wildman–Crippen MR) is 115 cm³/mol. The second-order valence-corrected chi connectivity index (χ2v) is 9.45. The maximum absolute atomic E-state index is 12.6. The van der Waals surface area contributed by atoms with Crippen molar-refractivity contribution < 1.29 is 21.6 Å². The molecule has 2 rings (SSSR count). The largest absolute Gasteiger partial charge is 0.511 e. The third-order valence-electron chi connectivity index (χ3n) is 5.75. The Morgan fingerprint density at radius 3 is 2.07 bits per heavy atom. The van der Waals surface area contributed by atoms with E-state index >= 15 is 0 Å². The Labute approximate surface area is 183 Å². The van der Waals surface area contributed by atoms with Crippen LogP contribution in [0.4, 0.5) is 13.2 Å². The molecule has 1 aliphatic carbocycles. The summed E-state index contributed by atoms with van der Waals surface area (Å²) < 4.78 is 61.3. The van der Waals surface area contributed by atoms with Gasteiger partial charge in [-0.15, -0.1) is 24.0 Å². The number of hydrogen-bond donors (Lipinski definition) is 2. The summed E-state index contributed by atoms with van der Waals surface area (Å²) >= 11 is 0. The van der Waals surface area contributed by atoms with Gasteiger partial charge in [-0.25, -0.2) is 8.42 Å². The van der Waals surface area contributed by atoms with Crippen molar-refractivity contribution >= 4 is 40.0 Å². The number of guanidine groups is 1. The van der Waals surface area contributed by atoms with E-state index in [2.05, 4.69) is 22.5 Å². The minimum Gasteiger partial charge on any atom is -0.356 e. The summed E-state index contributed by atoms with van der Waals surface area (Å²) in [5.74, 6) is 2.09. The summed E-state index contributed by atoms with van der Waals surface area (Å²) in [5.41, 5.74) is -5.23. The second kappa shape index (κ2) is 11.2. The molecule has 0 spiro atoms. The van der Waals surface area contributed by atoms with E-state index in [9.17, 15) is 21.6 Å². The fraction of sp³-hybridized carbons (Fsp3) is 0.941. The van der Waals surface area contributed by atoms with Gasteiger partial charge in [0.15, 0.2) is 5.96 Å². The third kappa shape index (κ3) is 6.89. The smallest absolute Gasteiger partial charge is 0.356 e. The summed E-state index contributed by atoms with van der Waals surface area (Å²) in [6, 6.07) is -0.0910. The number of alkyl halides is 3. The Balaban J connectivity index is 0.00000392. The van der Waals surface area contributed by atoms with E-state index in [1.54, 1.807) is 7.05 Å². The van der Waals surface area contributed by atoms with Gasteiger partial charge < -0.3 is 10.6 Å². The van der Waals surface area contributed by atoms with Crippen LogP contribution in [-0.4, -0.2) is 56.9 Å². The van der Waals surface area contributed by atoms with Crippen LogP contribution < -0.4 is 10.6 Å². The average Bonchev–Trinajstić information content (AvgIpc) is 2.65. The van der Waals surface area contributed by atoms with Crippen molar-refractivity contribution in [3.63, 3.8) is 0 Å². The first kappa shape index (κ1) is 25.7.